The average molecular weight is 193 g/mol. The average Bonchev–Trinajstić information content (AvgIpc) is 2.65. The van der Waals surface area contributed by atoms with E-state index in [9.17, 15) is 4.39 Å². The van der Waals surface area contributed by atoms with E-state index in [2.05, 4.69) is 10.1 Å². The van der Waals surface area contributed by atoms with Gasteiger partial charge in [0.1, 0.15) is 18.8 Å². The second-order valence-corrected chi connectivity index (χ2v) is 2.73. The van der Waals surface area contributed by atoms with Crippen molar-refractivity contribution < 1.29 is 9.50 Å². The number of aromatic nitrogens is 3. The molecule has 1 aromatic carbocycles. The van der Waals surface area contributed by atoms with Crippen LogP contribution in [0.3, 0.4) is 0 Å². The molecular weight excluding hydrogens is 185 g/mol. The van der Waals surface area contributed by atoms with Crippen molar-refractivity contribution in [2.24, 2.45) is 0 Å². The molecule has 1 heterocycles. The van der Waals surface area contributed by atoms with Gasteiger partial charge in [-0.25, -0.2) is 14.1 Å². The van der Waals surface area contributed by atoms with E-state index in [0.29, 0.717) is 11.5 Å². The highest BCUT2D eigenvalue weighted by atomic mass is 19.1. The van der Waals surface area contributed by atoms with Gasteiger partial charge >= 0.3 is 0 Å². The summed E-state index contributed by atoms with van der Waals surface area (Å²) in [7, 11) is 0. The van der Waals surface area contributed by atoms with Crippen LogP contribution in [0.1, 0.15) is 5.82 Å². The van der Waals surface area contributed by atoms with Crippen molar-refractivity contribution in [2.45, 2.75) is 6.61 Å². The number of hydrogen-bond donors (Lipinski definition) is 1. The molecule has 4 nitrogen and oxygen atoms in total. The molecule has 0 atom stereocenters. The Morgan fingerprint density at radius 3 is 3.00 bits per heavy atom. The summed E-state index contributed by atoms with van der Waals surface area (Å²) in [5.41, 5.74) is 0.548. The minimum Gasteiger partial charge on any atom is -0.388 e. The zero-order chi connectivity index (χ0) is 9.97. The number of aliphatic hydroxyl groups is 1. The molecule has 0 fully saturated rings. The zero-order valence-corrected chi connectivity index (χ0v) is 7.26. The minimum absolute atomic E-state index is 0.226. The van der Waals surface area contributed by atoms with E-state index in [1.165, 1.54) is 23.1 Å². The first-order chi connectivity index (χ1) is 6.81. The summed E-state index contributed by atoms with van der Waals surface area (Å²) in [5, 5.41) is 12.8. The number of hydrogen-bond acceptors (Lipinski definition) is 3. The summed E-state index contributed by atoms with van der Waals surface area (Å²) in [6.45, 7) is -0.226. The van der Waals surface area contributed by atoms with Crippen LogP contribution in [0.15, 0.2) is 30.6 Å². The Balaban J connectivity index is 2.49. The number of halogens is 1. The van der Waals surface area contributed by atoms with Crippen molar-refractivity contribution in [3.8, 4) is 5.69 Å². The highest BCUT2D eigenvalue weighted by Gasteiger charge is 2.05. The van der Waals surface area contributed by atoms with Crippen LogP contribution in [0.2, 0.25) is 0 Å². The standard InChI is InChI=1S/C9H8FN3O/c10-7-2-1-3-8(4-7)13-9(5-14)11-6-12-13/h1-4,6,14H,5H2. The van der Waals surface area contributed by atoms with E-state index in [1.54, 1.807) is 12.1 Å². The Morgan fingerprint density at radius 1 is 1.43 bits per heavy atom. The van der Waals surface area contributed by atoms with Gasteiger partial charge in [0.15, 0.2) is 5.82 Å². The van der Waals surface area contributed by atoms with Gasteiger partial charge in [-0.1, -0.05) is 6.07 Å². The molecule has 0 amide bonds. The molecule has 1 aromatic heterocycles. The number of nitrogens with zero attached hydrogens (tertiary/aromatic N) is 3. The summed E-state index contributed by atoms with van der Waals surface area (Å²) in [6.07, 6.45) is 1.32. The summed E-state index contributed by atoms with van der Waals surface area (Å²) in [5.74, 6) is 0.0393. The van der Waals surface area contributed by atoms with Crippen molar-refractivity contribution in [3.63, 3.8) is 0 Å². The number of aliphatic hydroxyl groups excluding tert-OH is 1. The van der Waals surface area contributed by atoms with Crippen LogP contribution in [0.25, 0.3) is 5.69 Å². The molecule has 0 saturated carbocycles. The molecule has 0 bridgehead atoms. The van der Waals surface area contributed by atoms with Crippen molar-refractivity contribution in [1.29, 1.82) is 0 Å². The molecule has 14 heavy (non-hydrogen) atoms. The Labute approximate surface area is 79.6 Å². The maximum Gasteiger partial charge on any atom is 0.157 e. The van der Waals surface area contributed by atoms with Crippen molar-refractivity contribution in [2.75, 3.05) is 0 Å². The Hall–Kier alpha value is -1.75. The highest BCUT2D eigenvalue weighted by molar-refractivity contribution is 5.31. The lowest BCUT2D eigenvalue weighted by Gasteiger charge is -2.03. The lowest BCUT2D eigenvalue weighted by molar-refractivity contribution is 0.268. The molecule has 0 aliphatic rings. The summed E-state index contributed by atoms with van der Waals surface area (Å²) >= 11 is 0. The third-order valence-corrected chi connectivity index (χ3v) is 1.81. The molecule has 0 unspecified atom stereocenters. The van der Waals surface area contributed by atoms with Gasteiger partial charge in [0, 0.05) is 0 Å². The van der Waals surface area contributed by atoms with E-state index in [0.717, 1.165) is 0 Å². The fraction of sp³-hybridized carbons (Fsp3) is 0.111. The largest absolute Gasteiger partial charge is 0.388 e. The quantitative estimate of drug-likeness (QED) is 0.770. The second-order valence-electron chi connectivity index (χ2n) is 2.73. The Bertz CT molecular complexity index is 441. The molecule has 0 saturated heterocycles. The molecule has 0 spiro atoms. The second kappa shape index (κ2) is 3.55. The number of benzene rings is 1. The van der Waals surface area contributed by atoms with Crippen LogP contribution in [-0.4, -0.2) is 19.9 Å². The smallest absolute Gasteiger partial charge is 0.157 e. The molecule has 1 N–H and O–H groups in total. The highest BCUT2D eigenvalue weighted by Crippen LogP contribution is 2.09. The maximum atomic E-state index is 12.9. The predicted octanol–water partition coefficient (Wildman–Crippen LogP) is 0.899. The monoisotopic (exact) mass is 193 g/mol. The fourth-order valence-electron chi connectivity index (χ4n) is 1.20. The Morgan fingerprint density at radius 2 is 2.29 bits per heavy atom. The normalized spacial score (nSPS) is 10.4. The van der Waals surface area contributed by atoms with E-state index in [4.69, 9.17) is 5.11 Å². The first-order valence-electron chi connectivity index (χ1n) is 4.07. The van der Waals surface area contributed by atoms with Gasteiger partial charge in [0.2, 0.25) is 0 Å². The first kappa shape index (κ1) is 8.83. The van der Waals surface area contributed by atoms with Gasteiger partial charge in [-0.3, -0.25) is 0 Å². The SMILES string of the molecule is OCc1ncnn1-c1cccc(F)c1. The Kier molecular flexibility index (Phi) is 2.24. The fourth-order valence-corrected chi connectivity index (χ4v) is 1.20. The lowest BCUT2D eigenvalue weighted by atomic mass is 10.3. The van der Waals surface area contributed by atoms with E-state index < -0.39 is 0 Å². The van der Waals surface area contributed by atoms with Gasteiger partial charge < -0.3 is 5.11 Å². The molecule has 5 heteroatoms. The zero-order valence-electron chi connectivity index (χ0n) is 7.26. The first-order valence-corrected chi connectivity index (χ1v) is 4.07. The molecule has 0 radical (unpaired) electrons. The van der Waals surface area contributed by atoms with Crippen molar-refractivity contribution in [3.05, 3.63) is 42.2 Å². The maximum absolute atomic E-state index is 12.9. The molecule has 0 aliphatic heterocycles. The van der Waals surface area contributed by atoms with E-state index >= 15 is 0 Å². The van der Waals surface area contributed by atoms with Crippen molar-refractivity contribution >= 4 is 0 Å². The van der Waals surface area contributed by atoms with Gasteiger partial charge in [-0.05, 0) is 18.2 Å². The molecular formula is C9H8FN3O. The van der Waals surface area contributed by atoms with Crippen LogP contribution >= 0.6 is 0 Å². The topological polar surface area (TPSA) is 50.9 Å². The summed E-state index contributed by atoms with van der Waals surface area (Å²) in [6, 6.07) is 5.94. The number of rotatable bonds is 2. The van der Waals surface area contributed by atoms with Crippen LogP contribution in [0.4, 0.5) is 4.39 Å². The molecule has 72 valence electrons. The van der Waals surface area contributed by atoms with Crippen LogP contribution < -0.4 is 0 Å². The predicted molar refractivity (Wildman–Crippen MR) is 47.2 cm³/mol. The van der Waals surface area contributed by atoms with Crippen LogP contribution in [0, 0.1) is 5.82 Å². The summed E-state index contributed by atoms with van der Waals surface area (Å²) in [4.78, 5) is 3.82. The van der Waals surface area contributed by atoms with Gasteiger partial charge in [-0.2, -0.15) is 5.10 Å². The molecule has 2 rings (SSSR count). The lowest BCUT2D eigenvalue weighted by Crippen LogP contribution is -2.02. The van der Waals surface area contributed by atoms with E-state index in [1.807, 2.05) is 0 Å². The third kappa shape index (κ3) is 1.49. The summed E-state index contributed by atoms with van der Waals surface area (Å²) < 4.78 is 14.3. The van der Waals surface area contributed by atoms with Gasteiger partial charge in [0.05, 0.1) is 5.69 Å². The van der Waals surface area contributed by atoms with Crippen LogP contribution in [-0.2, 0) is 6.61 Å². The molecule has 0 aliphatic carbocycles. The van der Waals surface area contributed by atoms with Gasteiger partial charge in [-0.15, -0.1) is 0 Å². The van der Waals surface area contributed by atoms with Gasteiger partial charge in [0.25, 0.3) is 0 Å². The van der Waals surface area contributed by atoms with E-state index in [-0.39, 0.29) is 12.4 Å². The molecule has 2 aromatic rings. The minimum atomic E-state index is -0.345. The third-order valence-electron chi connectivity index (χ3n) is 1.81. The van der Waals surface area contributed by atoms with Crippen molar-refractivity contribution in [1.82, 2.24) is 14.8 Å². The van der Waals surface area contributed by atoms with Crippen LogP contribution in [0.5, 0.6) is 0 Å².